The number of phenolic OH excluding ortho intramolecular Hbond substituents is 4. The Morgan fingerprint density at radius 1 is 0.906 bits per heavy atom. The molecule has 1 saturated heterocycles. The predicted molar refractivity (Wildman–Crippen MR) is 105 cm³/mol. The van der Waals surface area contributed by atoms with Crippen LogP contribution in [0.3, 0.4) is 0 Å². The first-order valence-electron chi connectivity index (χ1n) is 9.75. The van der Waals surface area contributed by atoms with Crippen molar-refractivity contribution in [3.63, 3.8) is 0 Å². The van der Waals surface area contributed by atoms with Crippen LogP contribution in [-0.4, -0.2) is 77.7 Å². The van der Waals surface area contributed by atoms with Gasteiger partial charge in [0.05, 0.1) is 18.6 Å². The van der Waals surface area contributed by atoms with E-state index in [-0.39, 0.29) is 23.5 Å². The molecule has 0 bridgehead atoms. The van der Waals surface area contributed by atoms with Crippen molar-refractivity contribution in [2.75, 3.05) is 6.61 Å². The molecule has 0 aliphatic carbocycles. The lowest BCUT2D eigenvalue weighted by Crippen LogP contribution is -2.55. The molecule has 2 aliphatic heterocycles. The lowest BCUT2D eigenvalue weighted by molar-refractivity contribution is -0.232. The summed E-state index contributed by atoms with van der Waals surface area (Å²) in [5.74, 6) is -2.85. The molecule has 32 heavy (non-hydrogen) atoms. The van der Waals surface area contributed by atoms with E-state index in [4.69, 9.17) is 9.47 Å². The van der Waals surface area contributed by atoms with Crippen LogP contribution in [0.5, 0.6) is 28.7 Å². The monoisotopic (exact) mass is 450 g/mol. The molecule has 0 saturated carbocycles. The summed E-state index contributed by atoms with van der Waals surface area (Å²) in [5, 5.41) is 80.1. The van der Waals surface area contributed by atoms with Gasteiger partial charge >= 0.3 is 0 Å². The molecule has 11 nitrogen and oxygen atoms in total. The highest BCUT2D eigenvalue weighted by atomic mass is 16.5. The van der Waals surface area contributed by atoms with Gasteiger partial charge in [0.15, 0.2) is 17.3 Å². The summed E-state index contributed by atoms with van der Waals surface area (Å²) in [4.78, 5) is 12.8. The van der Waals surface area contributed by atoms with Crippen molar-refractivity contribution in [1.82, 2.24) is 0 Å². The van der Waals surface area contributed by atoms with Gasteiger partial charge in [0.2, 0.25) is 0 Å². The lowest BCUT2D eigenvalue weighted by atomic mass is 9.87. The number of aliphatic hydroxyl groups excluding tert-OH is 4. The number of rotatable bonds is 3. The second-order valence-corrected chi connectivity index (χ2v) is 7.76. The highest BCUT2D eigenvalue weighted by molar-refractivity contribution is 6.03. The van der Waals surface area contributed by atoms with Gasteiger partial charge in [0.1, 0.15) is 59.4 Å². The summed E-state index contributed by atoms with van der Waals surface area (Å²) in [6, 6.07) is 4.93. The summed E-state index contributed by atoms with van der Waals surface area (Å²) in [6.07, 6.45) is -9.14. The first kappa shape index (κ1) is 22.1. The average Bonchev–Trinajstić information content (AvgIpc) is 2.74. The van der Waals surface area contributed by atoms with Crippen molar-refractivity contribution in [3.8, 4) is 28.7 Å². The summed E-state index contributed by atoms with van der Waals surface area (Å²) < 4.78 is 11.1. The van der Waals surface area contributed by atoms with Crippen LogP contribution in [0.4, 0.5) is 0 Å². The number of ketones is 1. The molecule has 2 aromatic rings. The van der Waals surface area contributed by atoms with Crippen LogP contribution >= 0.6 is 0 Å². The summed E-state index contributed by atoms with van der Waals surface area (Å²) in [6.45, 7) is -0.711. The molecule has 0 amide bonds. The van der Waals surface area contributed by atoms with E-state index >= 15 is 0 Å². The topological polar surface area (TPSA) is 197 Å². The largest absolute Gasteiger partial charge is 0.507 e. The van der Waals surface area contributed by atoms with Crippen molar-refractivity contribution < 1.29 is 55.1 Å². The van der Waals surface area contributed by atoms with E-state index in [9.17, 15) is 45.6 Å². The molecule has 2 aromatic carbocycles. The number of phenols is 4. The Morgan fingerprint density at radius 2 is 1.62 bits per heavy atom. The number of benzene rings is 2. The van der Waals surface area contributed by atoms with Crippen molar-refractivity contribution >= 4 is 5.78 Å². The molecule has 1 fully saturated rings. The number of ether oxygens (including phenoxy) is 2. The zero-order valence-corrected chi connectivity index (χ0v) is 16.5. The smallest absolute Gasteiger partial charge is 0.174 e. The number of Topliss-reactive ketones (excluding diaryl/α,β-unsaturated/α-hetero) is 1. The Labute approximate surface area is 181 Å². The second kappa shape index (κ2) is 8.11. The molecule has 172 valence electrons. The van der Waals surface area contributed by atoms with E-state index in [0.29, 0.717) is 5.56 Å². The molecule has 8 N–H and O–H groups in total. The maximum atomic E-state index is 12.8. The molecule has 11 heteroatoms. The van der Waals surface area contributed by atoms with Gasteiger partial charge in [0, 0.05) is 6.07 Å². The average molecular weight is 450 g/mol. The summed E-state index contributed by atoms with van der Waals surface area (Å²) in [5.41, 5.74) is -0.316. The van der Waals surface area contributed by atoms with Gasteiger partial charge in [-0.3, -0.25) is 4.79 Å². The normalized spacial score (nSPS) is 29.9. The minimum Gasteiger partial charge on any atom is -0.507 e. The Bertz CT molecular complexity index is 1050. The molecule has 0 spiro atoms. The highest BCUT2D eigenvalue weighted by Crippen LogP contribution is 2.49. The van der Waals surface area contributed by atoms with E-state index in [0.717, 1.165) is 6.07 Å². The van der Waals surface area contributed by atoms with E-state index < -0.39 is 71.8 Å². The number of hydrogen-bond acceptors (Lipinski definition) is 11. The highest BCUT2D eigenvalue weighted by Gasteiger charge is 2.47. The van der Waals surface area contributed by atoms with Gasteiger partial charge < -0.3 is 50.3 Å². The minimum atomic E-state index is -1.78. The lowest BCUT2D eigenvalue weighted by Gasteiger charge is -2.40. The van der Waals surface area contributed by atoms with E-state index in [2.05, 4.69) is 0 Å². The minimum absolute atomic E-state index is 0.165. The SMILES string of the molecule is O=C1C[C@H](c2ccc(O)c(O)c2)Oc2cc(O)c([C@@H]3O[C@@H](CO)[C@@H](O)[C@H](O)[C@H]3O)c(O)c21. The van der Waals surface area contributed by atoms with Crippen molar-refractivity contribution in [1.29, 1.82) is 0 Å². The van der Waals surface area contributed by atoms with Gasteiger partial charge in [-0.05, 0) is 17.7 Å². The van der Waals surface area contributed by atoms with Gasteiger partial charge in [-0.25, -0.2) is 0 Å². The molecular weight excluding hydrogens is 428 g/mol. The van der Waals surface area contributed by atoms with Gasteiger partial charge in [-0.1, -0.05) is 6.07 Å². The number of aliphatic hydroxyl groups is 4. The first-order valence-corrected chi connectivity index (χ1v) is 9.75. The van der Waals surface area contributed by atoms with Gasteiger partial charge in [0.25, 0.3) is 0 Å². The van der Waals surface area contributed by atoms with Gasteiger partial charge in [-0.2, -0.15) is 0 Å². The molecule has 0 aromatic heterocycles. The molecular formula is C21H22O11. The number of carbonyl (C=O) groups is 1. The Morgan fingerprint density at radius 3 is 2.28 bits per heavy atom. The molecule has 6 atom stereocenters. The second-order valence-electron chi connectivity index (χ2n) is 7.76. The van der Waals surface area contributed by atoms with Gasteiger partial charge in [-0.15, -0.1) is 0 Å². The fourth-order valence-electron chi connectivity index (χ4n) is 4.02. The number of hydrogen-bond donors (Lipinski definition) is 8. The van der Waals surface area contributed by atoms with Crippen molar-refractivity contribution in [2.45, 2.75) is 43.0 Å². The number of carbonyl (C=O) groups excluding carboxylic acids is 1. The van der Waals surface area contributed by atoms with Crippen LogP contribution < -0.4 is 4.74 Å². The van der Waals surface area contributed by atoms with E-state index in [1.807, 2.05) is 0 Å². The molecule has 2 aliphatic rings. The third kappa shape index (κ3) is 3.49. The zero-order chi connectivity index (χ0) is 23.3. The Hall–Kier alpha value is -3.09. The van der Waals surface area contributed by atoms with Crippen molar-refractivity contribution in [2.24, 2.45) is 0 Å². The number of aromatic hydroxyl groups is 4. The maximum absolute atomic E-state index is 12.8. The van der Waals surface area contributed by atoms with Crippen LogP contribution in [0, 0.1) is 0 Å². The quantitative estimate of drug-likeness (QED) is 0.287. The zero-order valence-electron chi connectivity index (χ0n) is 16.5. The van der Waals surface area contributed by atoms with Crippen LogP contribution in [0.1, 0.15) is 40.1 Å². The van der Waals surface area contributed by atoms with Crippen LogP contribution in [-0.2, 0) is 4.74 Å². The summed E-state index contributed by atoms with van der Waals surface area (Å²) >= 11 is 0. The van der Waals surface area contributed by atoms with E-state index in [1.54, 1.807) is 0 Å². The fraction of sp³-hybridized carbons (Fsp3) is 0.381. The molecule has 0 unspecified atom stereocenters. The van der Waals surface area contributed by atoms with Crippen LogP contribution in [0.2, 0.25) is 0 Å². The molecule has 4 rings (SSSR count). The first-order chi connectivity index (χ1) is 15.1. The predicted octanol–water partition coefficient (Wildman–Crippen LogP) is -0.270. The standard InChI is InChI=1S/C21H22O11/c22-6-14-17(27)19(29)20(30)21(32-14)16-11(26)5-13-15(18(16)28)10(25)4-12(31-13)7-1-2-8(23)9(24)3-7/h1-3,5,12,14,17,19-24,26-30H,4,6H2/t12-,14+,17-,19+,20-,21+/m1/s1. The van der Waals surface area contributed by atoms with Crippen molar-refractivity contribution in [3.05, 3.63) is 41.0 Å². The Balaban J connectivity index is 1.72. The Kier molecular flexibility index (Phi) is 5.61. The third-order valence-corrected chi connectivity index (χ3v) is 5.75. The molecule has 0 radical (unpaired) electrons. The fourth-order valence-corrected chi connectivity index (χ4v) is 4.02. The van der Waals surface area contributed by atoms with E-state index in [1.165, 1.54) is 18.2 Å². The summed E-state index contributed by atoms with van der Waals surface area (Å²) in [7, 11) is 0. The third-order valence-electron chi connectivity index (χ3n) is 5.75. The maximum Gasteiger partial charge on any atom is 0.174 e. The van der Waals surface area contributed by atoms with Crippen LogP contribution in [0.25, 0.3) is 0 Å². The molecule has 2 heterocycles. The van der Waals surface area contributed by atoms with Crippen LogP contribution in [0.15, 0.2) is 24.3 Å². The number of fused-ring (bicyclic) bond motifs is 1.